The molecule has 0 aromatic carbocycles. The molecule has 1 aliphatic rings. The summed E-state index contributed by atoms with van der Waals surface area (Å²) in [7, 11) is 0. The number of hydrogen-bond donors (Lipinski definition) is 2. The van der Waals surface area contributed by atoms with Gasteiger partial charge in [0.1, 0.15) is 4.91 Å². The van der Waals surface area contributed by atoms with Crippen molar-refractivity contribution < 1.29 is 14.7 Å². The van der Waals surface area contributed by atoms with Gasteiger partial charge in [-0.3, -0.25) is 4.79 Å². The van der Waals surface area contributed by atoms with Crippen LogP contribution in [0.15, 0.2) is 9.81 Å². The Kier molecular flexibility index (Phi) is 3.05. The van der Waals surface area contributed by atoms with E-state index in [9.17, 15) is 9.59 Å². The van der Waals surface area contributed by atoms with Gasteiger partial charge in [0.05, 0.1) is 4.91 Å². The summed E-state index contributed by atoms with van der Waals surface area (Å²) in [4.78, 5) is 21.6. The zero-order valence-corrected chi connectivity index (χ0v) is 7.70. The van der Waals surface area contributed by atoms with E-state index in [1.165, 1.54) is 23.5 Å². The number of carboxylic acids is 1. The van der Waals surface area contributed by atoms with E-state index < -0.39 is 11.9 Å². The first-order valence-corrected chi connectivity index (χ1v) is 5.13. The number of carboxylic acid groups (broad SMARTS) is 1. The van der Waals surface area contributed by atoms with Crippen LogP contribution in [0.4, 0.5) is 0 Å². The van der Waals surface area contributed by atoms with E-state index in [-0.39, 0.29) is 9.81 Å². The number of thioether (sulfide) groups is 2. The molecule has 0 aliphatic carbocycles. The van der Waals surface area contributed by atoms with E-state index in [0.29, 0.717) is 5.75 Å². The fraction of sp³-hybridized carbons (Fsp3) is 0.333. The summed E-state index contributed by atoms with van der Waals surface area (Å²) < 4.78 is 0. The number of rotatable bonds is 2. The molecule has 0 saturated heterocycles. The Balaban J connectivity index is 2.99. The van der Waals surface area contributed by atoms with Gasteiger partial charge in [-0.2, -0.15) is 0 Å². The molecule has 0 aromatic rings. The van der Waals surface area contributed by atoms with Crippen LogP contribution >= 0.6 is 23.5 Å². The van der Waals surface area contributed by atoms with E-state index in [0.717, 1.165) is 5.75 Å². The first-order chi connectivity index (χ1) is 5.63. The zero-order chi connectivity index (χ0) is 9.14. The Bertz CT molecular complexity index is 236. The number of carbonyl (C=O) groups excluding carboxylic acids is 1. The predicted molar refractivity (Wildman–Crippen MR) is 48.8 cm³/mol. The molecule has 0 radical (unpaired) electrons. The summed E-state index contributed by atoms with van der Waals surface area (Å²) >= 11 is 2.38. The highest BCUT2D eigenvalue weighted by molar-refractivity contribution is 8.11. The summed E-state index contributed by atoms with van der Waals surface area (Å²) in [6.07, 6.45) is 0. The molecule has 1 heterocycles. The molecule has 1 amide bonds. The number of carbonyl (C=O) groups is 2. The molecule has 3 N–H and O–H groups in total. The van der Waals surface area contributed by atoms with Gasteiger partial charge in [-0.05, 0) is 0 Å². The quantitative estimate of drug-likeness (QED) is 0.675. The molecule has 1 aliphatic heterocycles. The lowest BCUT2D eigenvalue weighted by atomic mass is 10.4. The fourth-order valence-electron chi connectivity index (χ4n) is 0.760. The average molecular weight is 205 g/mol. The molecule has 6 heteroatoms. The van der Waals surface area contributed by atoms with Crippen molar-refractivity contribution in [3.63, 3.8) is 0 Å². The Morgan fingerprint density at radius 3 is 2.08 bits per heavy atom. The lowest BCUT2D eigenvalue weighted by Crippen LogP contribution is -2.18. The topological polar surface area (TPSA) is 80.4 Å². The molecule has 0 spiro atoms. The van der Waals surface area contributed by atoms with E-state index in [1.54, 1.807) is 0 Å². The highest BCUT2D eigenvalue weighted by atomic mass is 32.2. The van der Waals surface area contributed by atoms with Gasteiger partial charge in [0, 0.05) is 11.5 Å². The van der Waals surface area contributed by atoms with Crippen molar-refractivity contribution in [3.8, 4) is 0 Å². The van der Waals surface area contributed by atoms with Crippen molar-refractivity contribution in [2.75, 3.05) is 11.5 Å². The van der Waals surface area contributed by atoms with Crippen molar-refractivity contribution in [2.24, 2.45) is 5.73 Å². The van der Waals surface area contributed by atoms with Crippen LogP contribution in [-0.4, -0.2) is 28.5 Å². The molecular formula is C6H7NO3S2. The highest BCUT2D eigenvalue weighted by Crippen LogP contribution is 2.33. The third-order valence-corrected chi connectivity index (χ3v) is 3.77. The maximum Gasteiger partial charge on any atom is 0.343 e. The first-order valence-electron chi connectivity index (χ1n) is 3.16. The van der Waals surface area contributed by atoms with Crippen LogP contribution in [0.25, 0.3) is 0 Å². The van der Waals surface area contributed by atoms with Gasteiger partial charge < -0.3 is 10.8 Å². The van der Waals surface area contributed by atoms with Gasteiger partial charge in [0.2, 0.25) is 0 Å². The van der Waals surface area contributed by atoms with Gasteiger partial charge in [-0.15, -0.1) is 23.5 Å². The smallest absolute Gasteiger partial charge is 0.343 e. The van der Waals surface area contributed by atoms with Gasteiger partial charge >= 0.3 is 5.97 Å². The Morgan fingerprint density at radius 2 is 1.75 bits per heavy atom. The third kappa shape index (κ3) is 1.95. The van der Waals surface area contributed by atoms with Crippen molar-refractivity contribution in [1.82, 2.24) is 0 Å². The van der Waals surface area contributed by atoms with Gasteiger partial charge in [-0.1, -0.05) is 0 Å². The van der Waals surface area contributed by atoms with Crippen molar-refractivity contribution in [1.29, 1.82) is 0 Å². The second-order valence-electron chi connectivity index (χ2n) is 2.02. The molecule has 0 bridgehead atoms. The fourth-order valence-corrected chi connectivity index (χ4v) is 2.90. The molecule has 0 aromatic heterocycles. The van der Waals surface area contributed by atoms with E-state index in [2.05, 4.69) is 0 Å². The summed E-state index contributed by atoms with van der Waals surface area (Å²) in [5.41, 5.74) is 5.00. The molecule has 1 rings (SSSR count). The Labute approximate surface area is 77.6 Å². The average Bonchev–Trinajstić information content (AvgIpc) is 2.04. The molecule has 0 saturated carbocycles. The normalized spacial score (nSPS) is 17.7. The van der Waals surface area contributed by atoms with Crippen LogP contribution in [0, 0.1) is 0 Å². The molecule has 4 nitrogen and oxygen atoms in total. The summed E-state index contributed by atoms with van der Waals surface area (Å²) in [5.74, 6) is -0.270. The van der Waals surface area contributed by atoms with Crippen LogP contribution in [-0.2, 0) is 9.59 Å². The number of aliphatic carboxylic acids is 1. The van der Waals surface area contributed by atoms with Crippen LogP contribution < -0.4 is 5.73 Å². The Morgan fingerprint density at radius 1 is 1.25 bits per heavy atom. The van der Waals surface area contributed by atoms with Gasteiger partial charge in [0.25, 0.3) is 5.91 Å². The summed E-state index contributed by atoms with van der Waals surface area (Å²) in [5, 5.41) is 8.66. The highest BCUT2D eigenvalue weighted by Gasteiger charge is 2.23. The first kappa shape index (κ1) is 9.47. The molecule has 0 fully saturated rings. The Hall–Kier alpha value is -0.620. The molecule has 0 unspecified atom stereocenters. The second-order valence-corrected chi connectivity index (χ2v) is 4.23. The minimum absolute atomic E-state index is 0.0822. The van der Waals surface area contributed by atoms with Gasteiger partial charge in [-0.25, -0.2) is 4.79 Å². The lowest BCUT2D eigenvalue weighted by molar-refractivity contribution is -0.132. The van der Waals surface area contributed by atoms with Crippen LogP contribution in [0.5, 0.6) is 0 Å². The number of hydrogen-bond acceptors (Lipinski definition) is 4. The number of nitrogens with two attached hydrogens (primary N) is 1. The summed E-state index contributed by atoms with van der Waals surface area (Å²) in [6, 6.07) is 0. The molecule has 12 heavy (non-hydrogen) atoms. The van der Waals surface area contributed by atoms with E-state index >= 15 is 0 Å². The minimum atomic E-state index is -1.07. The predicted octanol–water partition coefficient (Wildman–Crippen LogP) is 0.248. The van der Waals surface area contributed by atoms with E-state index in [4.69, 9.17) is 10.8 Å². The molecular weight excluding hydrogens is 198 g/mol. The number of primary amides is 1. The minimum Gasteiger partial charge on any atom is -0.477 e. The lowest BCUT2D eigenvalue weighted by Gasteiger charge is -2.13. The molecule has 66 valence electrons. The standard InChI is InChI=1S/C6H7NO3S2/c7-5(8)3-4(6(9)10)12-2-1-11-3/h1-2H2,(H2,7,8)(H,9,10). The third-order valence-electron chi connectivity index (χ3n) is 1.20. The monoisotopic (exact) mass is 205 g/mol. The number of amides is 1. The van der Waals surface area contributed by atoms with Crippen molar-refractivity contribution in [3.05, 3.63) is 9.81 Å². The van der Waals surface area contributed by atoms with Crippen LogP contribution in [0.2, 0.25) is 0 Å². The SMILES string of the molecule is NC(=O)C1=C(C(=O)O)SCCS1. The second kappa shape index (κ2) is 3.86. The van der Waals surface area contributed by atoms with Crippen LogP contribution in [0.1, 0.15) is 0 Å². The van der Waals surface area contributed by atoms with Gasteiger partial charge in [0.15, 0.2) is 0 Å². The van der Waals surface area contributed by atoms with Crippen molar-refractivity contribution >= 4 is 35.4 Å². The zero-order valence-electron chi connectivity index (χ0n) is 6.07. The summed E-state index contributed by atoms with van der Waals surface area (Å²) in [6.45, 7) is 0. The van der Waals surface area contributed by atoms with Crippen molar-refractivity contribution in [2.45, 2.75) is 0 Å². The maximum absolute atomic E-state index is 10.7. The molecule has 0 atom stereocenters. The maximum atomic E-state index is 10.7. The van der Waals surface area contributed by atoms with Crippen LogP contribution in [0.3, 0.4) is 0 Å². The van der Waals surface area contributed by atoms with E-state index in [1.807, 2.05) is 0 Å². The largest absolute Gasteiger partial charge is 0.477 e.